The van der Waals surface area contributed by atoms with Gasteiger partial charge in [0.05, 0.1) is 25.4 Å². The summed E-state index contributed by atoms with van der Waals surface area (Å²) in [6.07, 6.45) is 3.51. The number of hydrogen-bond acceptors (Lipinski definition) is 5. The highest BCUT2D eigenvalue weighted by atomic mass is 35.5. The fourth-order valence-corrected chi connectivity index (χ4v) is 2.60. The van der Waals surface area contributed by atoms with Gasteiger partial charge in [0, 0.05) is 17.3 Å². The minimum atomic E-state index is -0.172. The Kier molecular flexibility index (Phi) is 6.92. The second-order valence-corrected chi connectivity index (χ2v) is 6.05. The number of amides is 1. The Balaban J connectivity index is 0.00000261. The number of rotatable bonds is 6. The summed E-state index contributed by atoms with van der Waals surface area (Å²) in [5, 5.41) is 8.76. The first kappa shape index (κ1) is 20.4. The Morgan fingerprint density at radius 2 is 2.00 bits per heavy atom. The molecule has 0 aliphatic rings. The number of fused-ring (bicyclic) bond motifs is 1. The number of pyridine rings is 1. The summed E-state index contributed by atoms with van der Waals surface area (Å²) < 4.78 is 7.01. The number of hydrazone groups is 1. The van der Waals surface area contributed by atoms with Crippen molar-refractivity contribution in [2.24, 2.45) is 5.10 Å². The third-order valence-corrected chi connectivity index (χ3v) is 3.78. The minimum Gasteiger partial charge on any atom is -0.497 e. The van der Waals surface area contributed by atoms with Gasteiger partial charge in [-0.15, -0.1) is 12.4 Å². The Morgan fingerprint density at radius 1 is 1.26 bits per heavy atom. The predicted octanol–water partition coefficient (Wildman–Crippen LogP) is 2.44. The molecule has 1 N–H and O–H groups in total. The number of nitrogens with one attached hydrogen (secondary N) is 1. The summed E-state index contributed by atoms with van der Waals surface area (Å²) in [5.74, 6) is 0.609. The molecule has 0 radical (unpaired) electrons. The van der Waals surface area contributed by atoms with Crippen LogP contribution in [0.5, 0.6) is 5.75 Å². The van der Waals surface area contributed by atoms with Crippen LogP contribution in [0.25, 0.3) is 16.8 Å². The molecule has 0 saturated carbocycles. The van der Waals surface area contributed by atoms with Crippen LogP contribution in [0, 0.1) is 0 Å². The van der Waals surface area contributed by atoms with Crippen molar-refractivity contribution < 1.29 is 9.53 Å². The molecule has 0 aliphatic carbocycles. The van der Waals surface area contributed by atoms with Gasteiger partial charge < -0.3 is 9.64 Å². The lowest BCUT2D eigenvalue weighted by molar-refractivity contribution is -0.121. The molecule has 2 heterocycles. The SMILES string of the molecule is COc1ccc(-c2nn3ccccc3c2C=NNC(=O)CN(C)C)cc1.Cl. The standard InChI is InChI=1S/C19H21N5O2.ClH/c1-23(2)13-18(25)21-20-12-16-17-6-4-5-11-24(17)22-19(16)14-7-9-15(26-3)10-8-14;/h4-12H,13H2,1-3H3,(H,21,25);1H. The van der Waals surface area contributed by atoms with Crippen LogP contribution >= 0.6 is 12.4 Å². The van der Waals surface area contributed by atoms with Gasteiger partial charge in [-0.1, -0.05) is 6.07 Å². The van der Waals surface area contributed by atoms with Crippen molar-refractivity contribution in [3.05, 3.63) is 54.2 Å². The lowest BCUT2D eigenvalue weighted by atomic mass is 10.1. The molecule has 0 bridgehead atoms. The average Bonchev–Trinajstić information content (AvgIpc) is 3.00. The fraction of sp³-hybridized carbons (Fsp3) is 0.211. The number of halogens is 1. The number of hydrogen-bond donors (Lipinski definition) is 1. The summed E-state index contributed by atoms with van der Waals surface area (Å²) in [6.45, 7) is 0.275. The predicted molar refractivity (Wildman–Crippen MR) is 109 cm³/mol. The highest BCUT2D eigenvalue weighted by molar-refractivity contribution is 5.97. The molecule has 2 aromatic heterocycles. The normalized spacial score (nSPS) is 11.0. The molecule has 0 atom stereocenters. The summed E-state index contributed by atoms with van der Waals surface area (Å²) >= 11 is 0. The van der Waals surface area contributed by atoms with Gasteiger partial charge in [0.2, 0.25) is 0 Å². The van der Waals surface area contributed by atoms with Gasteiger partial charge in [0.25, 0.3) is 5.91 Å². The smallest absolute Gasteiger partial charge is 0.254 e. The van der Waals surface area contributed by atoms with Crippen LogP contribution < -0.4 is 10.2 Å². The van der Waals surface area contributed by atoms with Crippen molar-refractivity contribution in [3.8, 4) is 17.0 Å². The molecule has 142 valence electrons. The van der Waals surface area contributed by atoms with Crippen molar-refractivity contribution in [3.63, 3.8) is 0 Å². The Hall–Kier alpha value is -2.90. The van der Waals surface area contributed by atoms with Crippen LogP contribution in [-0.4, -0.2) is 54.4 Å². The second-order valence-electron chi connectivity index (χ2n) is 6.05. The molecule has 3 rings (SSSR count). The monoisotopic (exact) mass is 387 g/mol. The zero-order valence-corrected chi connectivity index (χ0v) is 16.2. The number of benzene rings is 1. The minimum absolute atomic E-state index is 0. The Bertz CT molecular complexity index is 935. The number of aromatic nitrogens is 2. The zero-order chi connectivity index (χ0) is 18.5. The largest absolute Gasteiger partial charge is 0.497 e. The van der Waals surface area contributed by atoms with Crippen molar-refractivity contribution >= 4 is 30.0 Å². The van der Waals surface area contributed by atoms with E-state index in [0.29, 0.717) is 0 Å². The van der Waals surface area contributed by atoms with E-state index in [1.54, 1.807) is 22.7 Å². The van der Waals surface area contributed by atoms with Crippen molar-refractivity contribution in [1.82, 2.24) is 19.9 Å². The summed E-state index contributed by atoms with van der Waals surface area (Å²) in [6, 6.07) is 13.5. The highest BCUT2D eigenvalue weighted by Crippen LogP contribution is 2.26. The molecule has 0 fully saturated rings. The quantitative estimate of drug-likeness (QED) is 0.521. The van der Waals surface area contributed by atoms with Gasteiger partial charge in [-0.2, -0.15) is 10.2 Å². The molecule has 0 unspecified atom stereocenters. The van der Waals surface area contributed by atoms with E-state index in [1.165, 1.54) is 0 Å². The molecule has 1 aromatic carbocycles. The molecule has 0 spiro atoms. The number of carbonyl (C=O) groups is 1. The summed E-state index contributed by atoms with van der Waals surface area (Å²) in [4.78, 5) is 13.6. The molecule has 8 heteroatoms. The van der Waals surface area contributed by atoms with E-state index >= 15 is 0 Å². The van der Waals surface area contributed by atoms with Gasteiger partial charge in [-0.3, -0.25) is 4.79 Å². The average molecular weight is 388 g/mol. The van der Waals surface area contributed by atoms with Gasteiger partial charge in [0.1, 0.15) is 11.4 Å². The van der Waals surface area contributed by atoms with E-state index < -0.39 is 0 Å². The van der Waals surface area contributed by atoms with E-state index in [9.17, 15) is 4.79 Å². The van der Waals surface area contributed by atoms with E-state index in [1.807, 2.05) is 62.8 Å². The van der Waals surface area contributed by atoms with Crippen molar-refractivity contribution in [2.75, 3.05) is 27.7 Å². The molecular formula is C19H22ClN5O2. The first-order chi connectivity index (χ1) is 12.6. The number of carbonyl (C=O) groups excluding carboxylic acids is 1. The van der Waals surface area contributed by atoms with E-state index in [4.69, 9.17) is 4.74 Å². The number of ether oxygens (including phenoxy) is 1. The molecule has 3 aromatic rings. The molecular weight excluding hydrogens is 366 g/mol. The van der Waals surface area contributed by atoms with Crippen LogP contribution in [0.1, 0.15) is 5.56 Å². The lowest BCUT2D eigenvalue weighted by Gasteiger charge is -2.06. The van der Waals surface area contributed by atoms with E-state index in [-0.39, 0.29) is 24.9 Å². The number of nitrogens with zero attached hydrogens (tertiary/aromatic N) is 4. The lowest BCUT2D eigenvalue weighted by Crippen LogP contribution is -2.30. The Labute approximate surface area is 164 Å². The first-order valence-electron chi connectivity index (χ1n) is 8.17. The van der Waals surface area contributed by atoms with E-state index in [2.05, 4.69) is 15.6 Å². The highest BCUT2D eigenvalue weighted by Gasteiger charge is 2.13. The number of methoxy groups -OCH3 is 1. The maximum Gasteiger partial charge on any atom is 0.254 e. The van der Waals surface area contributed by atoms with Gasteiger partial charge in [-0.05, 0) is 50.5 Å². The zero-order valence-electron chi connectivity index (χ0n) is 15.4. The second kappa shape index (κ2) is 9.16. The molecule has 0 saturated heterocycles. The van der Waals surface area contributed by atoms with Crippen molar-refractivity contribution in [1.29, 1.82) is 0 Å². The Morgan fingerprint density at radius 3 is 2.67 bits per heavy atom. The molecule has 7 nitrogen and oxygen atoms in total. The number of likely N-dealkylation sites (N-methyl/N-ethyl adjacent to an activating group) is 1. The van der Waals surface area contributed by atoms with Crippen LogP contribution in [-0.2, 0) is 4.79 Å². The molecule has 27 heavy (non-hydrogen) atoms. The fourth-order valence-electron chi connectivity index (χ4n) is 2.60. The third-order valence-electron chi connectivity index (χ3n) is 3.78. The van der Waals surface area contributed by atoms with Crippen LogP contribution in [0.3, 0.4) is 0 Å². The molecule has 1 amide bonds. The molecule has 0 aliphatic heterocycles. The van der Waals surface area contributed by atoms with Gasteiger partial charge in [0.15, 0.2) is 0 Å². The maximum absolute atomic E-state index is 11.8. The van der Waals surface area contributed by atoms with Gasteiger partial charge >= 0.3 is 0 Å². The third kappa shape index (κ3) is 4.84. The van der Waals surface area contributed by atoms with Crippen molar-refractivity contribution in [2.45, 2.75) is 0 Å². The van der Waals surface area contributed by atoms with Crippen LogP contribution in [0.2, 0.25) is 0 Å². The topological polar surface area (TPSA) is 71.2 Å². The summed E-state index contributed by atoms with van der Waals surface area (Å²) in [7, 11) is 5.29. The summed E-state index contributed by atoms with van der Waals surface area (Å²) in [5.41, 5.74) is 6.01. The van der Waals surface area contributed by atoms with E-state index in [0.717, 1.165) is 28.1 Å². The van der Waals surface area contributed by atoms with Gasteiger partial charge in [-0.25, -0.2) is 9.94 Å². The van der Waals surface area contributed by atoms with Crippen LogP contribution in [0.15, 0.2) is 53.8 Å². The maximum atomic E-state index is 11.8. The first-order valence-corrected chi connectivity index (χ1v) is 8.17. The van der Waals surface area contributed by atoms with Crippen LogP contribution in [0.4, 0.5) is 0 Å².